The summed E-state index contributed by atoms with van der Waals surface area (Å²) in [5.74, 6) is -0.489. The van der Waals surface area contributed by atoms with E-state index in [9.17, 15) is 8.78 Å². The third kappa shape index (κ3) is 4.52. The van der Waals surface area contributed by atoms with Gasteiger partial charge in [0.05, 0.1) is 12.2 Å². The highest BCUT2D eigenvalue weighted by atomic mass is 19.1. The van der Waals surface area contributed by atoms with E-state index < -0.39 is 0 Å². The molecule has 6 heteroatoms. The van der Waals surface area contributed by atoms with Crippen LogP contribution in [0.4, 0.5) is 8.78 Å². The van der Waals surface area contributed by atoms with Crippen molar-refractivity contribution in [3.63, 3.8) is 0 Å². The number of hydrogen-bond acceptors (Lipinski definition) is 3. The molecule has 1 aliphatic rings. The van der Waals surface area contributed by atoms with Gasteiger partial charge in [-0.15, -0.1) is 0 Å². The highest BCUT2D eigenvalue weighted by Crippen LogP contribution is 2.34. The van der Waals surface area contributed by atoms with Crippen molar-refractivity contribution in [1.82, 2.24) is 20.0 Å². The van der Waals surface area contributed by atoms with Crippen molar-refractivity contribution in [2.75, 3.05) is 33.2 Å². The van der Waals surface area contributed by atoms with Crippen molar-refractivity contribution in [2.24, 2.45) is 0 Å². The molecule has 4 nitrogen and oxygen atoms in total. The molecule has 1 aliphatic heterocycles. The molecule has 4 aromatic rings. The first-order valence-electron chi connectivity index (χ1n) is 11.6. The van der Waals surface area contributed by atoms with Gasteiger partial charge < -0.3 is 4.90 Å². The lowest BCUT2D eigenvalue weighted by atomic mass is 9.93. The van der Waals surface area contributed by atoms with Crippen LogP contribution in [-0.2, 0) is 0 Å². The average molecular weight is 459 g/mol. The van der Waals surface area contributed by atoms with Gasteiger partial charge in [-0.25, -0.2) is 8.78 Å². The molecule has 1 N–H and O–H groups in total. The lowest BCUT2D eigenvalue weighted by molar-refractivity contribution is 0.127. The second-order valence-corrected chi connectivity index (χ2v) is 9.05. The molecule has 2 heterocycles. The molecule has 1 saturated heterocycles. The van der Waals surface area contributed by atoms with Crippen LogP contribution in [0.25, 0.3) is 22.3 Å². The van der Waals surface area contributed by atoms with Gasteiger partial charge in [0, 0.05) is 43.5 Å². The number of rotatable bonds is 5. The van der Waals surface area contributed by atoms with E-state index in [1.807, 2.05) is 54.9 Å². The minimum atomic E-state index is -0.262. The van der Waals surface area contributed by atoms with Crippen molar-refractivity contribution in [3.8, 4) is 22.3 Å². The fourth-order valence-corrected chi connectivity index (χ4v) is 4.65. The van der Waals surface area contributed by atoms with Gasteiger partial charge >= 0.3 is 0 Å². The highest BCUT2D eigenvalue weighted by Gasteiger charge is 2.27. The van der Waals surface area contributed by atoms with Crippen molar-refractivity contribution >= 4 is 0 Å². The lowest BCUT2D eigenvalue weighted by Gasteiger charge is -2.38. The van der Waals surface area contributed by atoms with Crippen molar-refractivity contribution < 1.29 is 8.78 Å². The normalized spacial score (nSPS) is 16.0. The zero-order valence-electron chi connectivity index (χ0n) is 19.4. The molecule has 0 radical (unpaired) electrons. The van der Waals surface area contributed by atoms with Crippen molar-refractivity contribution in [2.45, 2.75) is 13.0 Å². The highest BCUT2D eigenvalue weighted by molar-refractivity contribution is 5.71. The molecule has 5 rings (SSSR count). The van der Waals surface area contributed by atoms with Gasteiger partial charge in [0.1, 0.15) is 11.6 Å². The number of aromatic amines is 1. The van der Waals surface area contributed by atoms with Gasteiger partial charge in [-0.1, -0.05) is 42.5 Å². The van der Waals surface area contributed by atoms with Crippen LogP contribution < -0.4 is 0 Å². The third-order valence-corrected chi connectivity index (χ3v) is 6.75. The minimum Gasteiger partial charge on any atom is -0.304 e. The minimum absolute atomic E-state index is 0.00149. The summed E-state index contributed by atoms with van der Waals surface area (Å²) in [6.07, 6.45) is 3.77. The molecule has 0 spiro atoms. The smallest absolute Gasteiger partial charge is 0.131 e. The Morgan fingerprint density at radius 2 is 1.50 bits per heavy atom. The predicted octanol–water partition coefficient (Wildman–Crippen LogP) is 5.67. The standard InChI is InChI=1S/C28H28F2N4/c1-19-3-4-22(16-27(19)30)20-5-7-21(8-6-20)25-15-23(9-10-26(25)29)28(24-17-31-32-18-24)34-13-11-33(2)12-14-34/h3-10,15-18,28H,11-14H2,1-2H3,(H,31,32). The van der Waals surface area contributed by atoms with Crippen LogP contribution in [0.2, 0.25) is 0 Å². The lowest BCUT2D eigenvalue weighted by Crippen LogP contribution is -2.46. The van der Waals surface area contributed by atoms with Gasteiger partial charge in [-0.3, -0.25) is 10.00 Å². The van der Waals surface area contributed by atoms with Gasteiger partial charge in [-0.05, 0) is 60.0 Å². The SMILES string of the molecule is Cc1ccc(-c2ccc(-c3cc(C(c4cn[nH]c4)N4CCN(C)CC4)ccc3F)cc2)cc1F. The first-order valence-corrected chi connectivity index (χ1v) is 11.6. The maximum absolute atomic E-state index is 15.0. The maximum Gasteiger partial charge on any atom is 0.131 e. The summed E-state index contributed by atoms with van der Waals surface area (Å²) in [4.78, 5) is 4.75. The van der Waals surface area contributed by atoms with Crippen molar-refractivity contribution in [3.05, 3.63) is 101 Å². The number of hydrogen-bond donors (Lipinski definition) is 1. The number of likely N-dealkylation sites (N-methyl/N-ethyl adjacent to an activating group) is 1. The number of halogens is 2. The second-order valence-electron chi connectivity index (χ2n) is 9.05. The fourth-order valence-electron chi connectivity index (χ4n) is 4.65. The Hall–Kier alpha value is -3.35. The maximum atomic E-state index is 15.0. The Kier molecular flexibility index (Phi) is 6.26. The van der Waals surface area contributed by atoms with Crippen LogP contribution in [-0.4, -0.2) is 53.2 Å². The predicted molar refractivity (Wildman–Crippen MR) is 131 cm³/mol. The van der Waals surface area contributed by atoms with Crippen LogP contribution in [0.3, 0.4) is 0 Å². The average Bonchev–Trinajstić information content (AvgIpc) is 3.38. The quantitative estimate of drug-likeness (QED) is 0.419. The Bertz CT molecular complexity index is 1260. The number of aromatic nitrogens is 2. The van der Waals surface area contributed by atoms with E-state index in [1.54, 1.807) is 19.1 Å². The number of benzene rings is 3. The molecule has 174 valence electrons. The Morgan fingerprint density at radius 3 is 2.18 bits per heavy atom. The summed E-state index contributed by atoms with van der Waals surface area (Å²) >= 11 is 0. The monoisotopic (exact) mass is 458 g/mol. The Labute approximate surface area is 198 Å². The molecular weight excluding hydrogens is 430 g/mol. The molecule has 34 heavy (non-hydrogen) atoms. The number of H-pyrrole nitrogens is 1. The van der Waals surface area contributed by atoms with E-state index in [4.69, 9.17) is 0 Å². The first-order chi connectivity index (χ1) is 16.5. The largest absolute Gasteiger partial charge is 0.304 e. The second kappa shape index (κ2) is 9.49. The van der Waals surface area contributed by atoms with E-state index in [0.717, 1.165) is 54.0 Å². The summed E-state index contributed by atoms with van der Waals surface area (Å²) in [6, 6.07) is 18.2. The summed E-state index contributed by atoms with van der Waals surface area (Å²) < 4.78 is 29.0. The third-order valence-electron chi connectivity index (χ3n) is 6.75. The van der Waals surface area contributed by atoms with Gasteiger partial charge in [0.25, 0.3) is 0 Å². The van der Waals surface area contributed by atoms with Crippen molar-refractivity contribution in [1.29, 1.82) is 0 Å². The number of nitrogens with zero attached hydrogens (tertiary/aromatic N) is 3. The van der Waals surface area contributed by atoms with Crippen LogP contribution in [0, 0.1) is 18.6 Å². The zero-order chi connectivity index (χ0) is 23.7. The summed E-state index contributed by atoms with van der Waals surface area (Å²) in [5.41, 5.74) is 5.77. The van der Waals surface area contributed by atoms with E-state index in [0.29, 0.717) is 11.1 Å². The number of nitrogens with one attached hydrogen (secondary N) is 1. The molecule has 1 aromatic heterocycles. The summed E-state index contributed by atoms with van der Waals surface area (Å²) in [5, 5.41) is 7.09. The number of aryl methyl sites for hydroxylation is 1. The van der Waals surface area contributed by atoms with Gasteiger partial charge in [0.15, 0.2) is 0 Å². The van der Waals surface area contributed by atoms with E-state index in [1.165, 1.54) is 6.07 Å². The van der Waals surface area contributed by atoms with Gasteiger partial charge in [0.2, 0.25) is 0 Å². The molecule has 0 saturated carbocycles. The Morgan fingerprint density at radius 1 is 0.794 bits per heavy atom. The fraction of sp³-hybridized carbons (Fsp3) is 0.250. The molecule has 0 amide bonds. The molecule has 1 unspecified atom stereocenters. The summed E-state index contributed by atoms with van der Waals surface area (Å²) in [6.45, 7) is 5.59. The van der Waals surface area contributed by atoms with E-state index in [-0.39, 0.29) is 17.7 Å². The van der Waals surface area contributed by atoms with Crippen LogP contribution >= 0.6 is 0 Å². The number of piperazine rings is 1. The molecule has 1 atom stereocenters. The molecule has 1 fully saturated rings. The molecule has 0 aliphatic carbocycles. The molecule has 3 aromatic carbocycles. The summed E-state index contributed by atoms with van der Waals surface area (Å²) in [7, 11) is 2.13. The van der Waals surface area contributed by atoms with Crippen LogP contribution in [0.5, 0.6) is 0 Å². The first kappa shape index (κ1) is 22.4. The van der Waals surface area contributed by atoms with Crippen LogP contribution in [0.15, 0.2) is 73.1 Å². The van der Waals surface area contributed by atoms with E-state index >= 15 is 0 Å². The van der Waals surface area contributed by atoms with E-state index in [2.05, 4.69) is 27.0 Å². The zero-order valence-corrected chi connectivity index (χ0v) is 19.4. The molecular formula is C28H28F2N4. The van der Waals surface area contributed by atoms with Gasteiger partial charge in [-0.2, -0.15) is 5.10 Å². The Balaban J connectivity index is 1.48. The topological polar surface area (TPSA) is 35.2 Å². The van der Waals surface area contributed by atoms with Crippen LogP contribution in [0.1, 0.15) is 22.7 Å². The molecule has 0 bridgehead atoms.